The molecule has 356 valence electrons. The van der Waals surface area contributed by atoms with Gasteiger partial charge in [-0.2, -0.15) is 0 Å². The molecule has 0 aliphatic heterocycles. The van der Waals surface area contributed by atoms with Gasteiger partial charge in [-0.15, -0.1) is 0 Å². The number of ketones is 1. The molecule has 64 heavy (non-hydrogen) atoms. The SMILES string of the molecule is CCCC[C@H](NC(=O)[C@H](C)NC(=O)[C@@H](NC(=O)c1ccccc1)C(C)C)C(=O)O.CCCC[C@H](NC(=O)[C@H](C)NC(=O)[C@@H](NC(=O)c1ccccc1)C(C)C)C(=O)O.O=C(CBr)CBr. The number of halogens is 2. The van der Waals surface area contributed by atoms with Gasteiger partial charge in [0.2, 0.25) is 23.6 Å². The molecule has 19 heteroatoms. The van der Waals surface area contributed by atoms with Gasteiger partial charge in [-0.05, 0) is 62.8 Å². The third kappa shape index (κ3) is 23.5. The number of hydrogen-bond donors (Lipinski definition) is 8. The average molecular weight is 1030 g/mol. The molecule has 0 radical (unpaired) electrons. The molecule has 2 rings (SSSR count). The first-order chi connectivity index (χ1) is 30.1. The summed E-state index contributed by atoms with van der Waals surface area (Å²) in [6.07, 6.45) is 3.59. The smallest absolute Gasteiger partial charge is 0.326 e. The van der Waals surface area contributed by atoms with E-state index in [0.717, 1.165) is 12.8 Å². The molecule has 8 N–H and O–H groups in total. The van der Waals surface area contributed by atoms with E-state index in [1.54, 1.807) is 88.4 Å². The number of rotatable bonds is 24. The van der Waals surface area contributed by atoms with E-state index in [9.17, 15) is 53.4 Å². The number of carbonyl (C=O) groups is 9. The number of hydrogen-bond acceptors (Lipinski definition) is 9. The topological polar surface area (TPSA) is 266 Å². The summed E-state index contributed by atoms with van der Waals surface area (Å²) in [4.78, 5) is 107. The van der Waals surface area contributed by atoms with Gasteiger partial charge in [0.1, 0.15) is 36.3 Å². The Morgan fingerprint density at radius 1 is 0.484 bits per heavy atom. The van der Waals surface area contributed by atoms with Gasteiger partial charge in [0.15, 0.2) is 5.78 Å². The molecule has 6 amide bonds. The minimum absolute atomic E-state index is 0.176. The van der Waals surface area contributed by atoms with E-state index in [1.807, 2.05) is 13.8 Å². The zero-order valence-corrected chi connectivity index (χ0v) is 41.0. The number of unbranched alkanes of at least 4 members (excludes halogenated alkanes) is 2. The molecule has 17 nitrogen and oxygen atoms in total. The van der Waals surface area contributed by atoms with Gasteiger partial charge in [0.05, 0.1) is 10.7 Å². The first-order valence-corrected chi connectivity index (χ1v) is 23.4. The van der Waals surface area contributed by atoms with Crippen LogP contribution >= 0.6 is 31.9 Å². The number of amides is 6. The van der Waals surface area contributed by atoms with Crippen molar-refractivity contribution >= 4 is 85.0 Å². The van der Waals surface area contributed by atoms with Crippen LogP contribution in [0.2, 0.25) is 0 Å². The molecule has 0 spiro atoms. The molecule has 2 aromatic carbocycles. The van der Waals surface area contributed by atoms with Gasteiger partial charge in [0.25, 0.3) is 11.8 Å². The second kappa shape index (κ2) is 32.5. The molecule has 2 aromatic rings. The summed E-state index contributed by atoms with van der Waals surface area (Å²) in [5.74, 6) is -5.43. The number of Topliss-reactive ketones (excluding diaryl/α,β-unsaturated/α-hetero) is 1. The minimum atomic E-state index is -1.11. The number of carbonyl (C=O) groups excluding carboxylic acids is 7. The lowest BCUT2D eigenvalue weighted by atomic mass is 10.0. The molecule has 0 aromatic heterocycles. The van der Waals surface area contributed by atoms with Crippen LogP contribution in [0.4, 0.5) is 0 Å². The van der Waals surface area contributed by atoms with Crippen LogP contribution in [0.3, 0.4) is 0 Å². The van der Waals surface area contributed by atoms with E-state index < -0.39 is 71.8 Å². The molecule has 0 heterocycles. The van der Waals surface area contributed by atoms with Crippen LogP contribution in [0.1, 0.15) is 115 Å². The summed E-state index contributed by atoms with van der Waals surface area (Å²) in [6.45, 7) is 13.9. The third-order valence-electron chi connectivity index (χ3n) is 9.27. The number of aliphatic carboxylic acids is 2. The van der Waals surface area contributed by atoms with Crippen molar-refractivity contribution in [2.24, 2.45) is 11.8 Å². The average Bonchev–Trinajstić information content (AvgIpc) is 3.27. The fourth-order valence-electron chi connectivity index (χ4n) is 5.40. The molecule has 0 aliphatic carbocycles. The summed E-state index contributed by atoms with van der Waals surface area (Å²) >= 11 is 5.99. The van der Waals surface area contributed by atoms with Crippen LogP contribution < -0.4 is 31.9 Å². The lowest BCUT2D eigenvalue weighted by Crippen LogP contribution is -2.56. The van der Waals surface area contributed by atoms with Crippen LogP contribution in [-0.4, -0.2) is 110 Å². The van der Waals surface area contributed by atoms with Crippen LogP contribution in [0.15, 0.2) is 60.7 Å². The summed E-state index contributed by atoms with van der Waals surface area (Å²) in [7, 11) is 0. The number of benzene rings is 2. The Labute approximate surface area is 393 Å². The monoisotopic (exact) mass is 1020 g/mol. The highest BCUT2D eigenvalue weighted by Crippen LogP contribution is 2.09. The largest absolute Gasteiger partial charge is 0.480 e. The normalized spacial score (nSPS) is 13.3. The molecule has 0 saturated carbocycles. The Morgan fingerprint density at radius 3 is 1.03 bits per heavy atom. The van der Waals surface area contributed by atoms with Gasteiger partial charge in [0, 0.05) is 11.1 Å². The Morgan fingerprint density at radius 2 is 0.797 bits per heavy atom. The van der Waals surface area contributed by atoms with Crippen molar-refractivity contribution in [3.05, 3.63) is 71.8 Å². The van der Waals surface area contributed by atoms with E-state index >= 15 is 0 Å². The first-order valence-electron chi connectivity index (χ1n) is 21.2. The molecule has 0 saturated heterocycles. The van der Waals surface area contributed by atoms with Crippen molar-refractivity contribution in [3.63, 3.8) is 0 Å². The molecule has 0 unspecified atom stereocenters. The molecule has 0 bridgehead atoms. The zero-order valence-electron chi connectivity index (χ0n) is 37.9. The second-order valence-corrected chi connectivity index (χ2v) is 16.6. The Balaban J connectivity index is 0.00000110. The van der Waals surface area contributed by atoms with E-state index in [-0.39, 0.29) is 29.4 Å². The quantitative estimate of drug-likeness (QED) is 0.0665. The van der Waals surface area contributed by atoms with Crippen molar-refractivity contribution < 1.29 is 53.4 Å². The Hall–Kier alpha value is -5.17. The lowest BCUT2D eigenvalue weighted by molar-refractivity contribution is -0.142. The van der Waals surface area contributed by atoms with Crippen molar-refractivity contribution in [2.45, 2.75) is 130 Å². The summed E-state index contributed by atoms with van der Waals surface area (Å²) < 4.78 is 0. The zero-order chi connectivity index (χ0) is 48.9. The van der Waals surface area contributed by atoms with E-state index in [4.69, 9.17) is 0 Å². The van der Waals surface area contributed by atoms with Gasteiger partial charge in [-0.3, -0.25) is 33.6 Å². The van der Waals surface area contributed by atoms with E-state index in [1.165, 1.54) is 13.8 Å². The predicted molar refractivity (Wildman–Crippen MR) is 251 cm³/mol. The van der Waals surface area contributed by atoms with E-state index in [0.29, 0.717) is 47.5 Å². The van der Waals surface area contributed by atoms with Crippen LogP contribution in [0.5, 0.6) is 0 Å². The maximum atomic E-state index is 12.6. The maximum absolute atomic E-state index is 12.6. The standard InChI is InChI=1S/2C21H31N3O5.C3H4Br2O/c2*1-5-6-12-16(21(28)29)23-18(25)14(4)22-20(27)17(13(2)3)24-19(26)15-10-8-7-9-11-15;4-1-3(6)2-5/h2*7-11,13-14,16-17H,5-6,12H2,1-4H3,(H,22,27)(H,23,25)(H,24,26)(H,28,29);1-2H2/t2*14-,16-,17-;/m00./s1. The number of carboxylic acids is 2. The van der Waals surface area contributed by atoms with Crippen molar-refractivity contribution in [1.82, 2.24) is 31.9 Å². The fraction of sp³-hybridized carbons (Fsp3) is 0.533. The Bertz CT molecular complexity index is 1670. The van der Waals surface area contributed by atoms with Crippen LogP contribution in [-0.2, 0) is 33.6 Å². The van der Waals surface area contributed by atoms with Crippen molar-refractivity contribution in [1.29, 1.82) is 0 Å². The summed E-state index contributed by atoms with van der Waals surface area (Å²) in [6, 6.07) is 11.5. The molecular weight excluding hydrogens is 960 g/mol. The maximum Gasteiger partial charge on any atom is 0.326 e. The molecule has 6 atom stereocenters. The van der Waals surface area contributed by atoms with Crippen molar-refractivity contribution in [3.8, 4) is 0 Å². The third-order valence-corrected chi connectivity index (χ3v) is 10.5. The number of carboxylic acid groups (broad SMARTS) is 2. The highest BCUT2D eigenvalue weighted by molar-refractivity contribution is 9.10. The van der Waals surface area contributed by atoms with Crippen LogP contribution in [0.25, 0.3) is 0 Å². The molecule has 0 aliphatic rings. The second-order valence-electron chi connectivity index (χ2n) is 15.5. The Kier molecular flexibility index (Phi) is 29.9. The van der Waals surface area contributed by atoms with Gasteiger partial charge < -0.3 is 42.1 Å². The van der Waals surface area contributed by atoms with E-state index in [2.05, 4.69) is 63.8 Å². The summed E-state index contributed by atoms with van der Waals surface area (Å²) in [5, 5.41) is 34.8. The molecule has 0 fully saturated rings. The number of alkyl halides is 2. The highest BCUT2D eigenvalue weighted by atomic mass is 79.9. The van der Waals surface area contributed by atoms with Gasteiger partial charge >= 0.3 is 11.9 Å². The predicted octanol–water partition coefficient (Wildman–Crippen LogP) is 4.76. The summed E-state index contributed by atoms with van der Waals surface area (Å²) in [5.41, 5.74) is 0.855. The first kappa shape index (κ1) is 58.8. The lowest BCUT2D eigenvalue weighted by Gasteiger charge is -2.24. The van der Waals surface area contributed by atoms with Crippen molar-refractivity contribution in [2.75, 3.05) is 10.7 Å². The number of nitrogens with one attached hydrogen (secondary N) is 6. The minimum Gasteiger partial charge on any atom is -0.480 e. The molecular formula is C45H66Br2N6O11. The van der Waals surface area contributed by atoms with Gasteiger partial charge in [-0.25, -0.2) is 9.59 Å². The fourth-order valence-corrected chi connectivity index (χ4v) is 6.32. The van der Waals surface area contributed by atoms with Crippen LogP contribution in [0, 0.1) is 11.8 Å². The van der Waals surface area contributed by atoms with Gasteiger partial charge in [-0.1, -0.05) is 135 Å². The highest BCUT2D eigenvalue weighted by Gasteiger charge is 2.30.